The van der Waals surface area contributed by atoms with Crippen LogP contribution in [-0.4, -0.2) is 4.98 Å². The third-order valence-corrected chi connectivity index (χ3v) is 2.03. The van der Waals surface area contributed by atoms with Gasteiger partial charge in [0.15, 0.2) is 0 Å². The van der Waals surface area contributed by atoms with Gasteiger partial charge in [0.25, 0.3) is 0 Å². The molecule has 0 fully saturated rings. The van der Waals surface area contributed by atoms with Crippen LogP contribution in [0.1, 0.15) is 31.7 Å². The smallest absolute Gasteiger partial charge is 0.0535 e. The highest BCUT2D eigenvalue weighted by atomic mass is 14.7. The molecule has 60 valence electrons. The molecule has 2 heteroatoms. The first-order valence-electron chi connectivity index (χ1n) is 3.95. The van der Waals surface area contributed by atoms with Gasteiger partial charge in [0, 0.05) is 6.20 Å². The number of hydrogen-bond acceptors (Lipinski definition) is 2. The summed E-state index contributed by atoms with van der Waals surface area (Å²) in [7, 11) is 0. The molecule has 1 heterocycles. The zero-order valence-corrected chi connectivity index (χ0v) is 7.04. The average Bonchev–Trinajstić information content (AvgIpc) is 2.04. The minimum absolute atomic E-state index is 0.540. The van der Waals surface area contributed by atoms with Crippen LogP contribution in [0.4, 0.5) is 5.69 Å². The molecule has 0 spiro atoms. The second kappa shape index (κ2) is 3.37. The highest BCUT2D eigenvalue weighted by Gasteiger charge is 2.04. The molecular weight excluding hydrogens is 136 g/mol. The van der Waals surface area contributed by atoms with Gasteiger partial charge in [-0.05, 0) is 24.0 Å². The first kappa shape index (κ1) is 8.05. The molecule has 0 saturated carbocycles. The molecule has 0 aliphatic carbocycles. The predicted molar refractivity (Wildman–Crippen MR) is 47.4 cm³/mol. The van der Waals surface area contributed by atoms with Crippen LogP contribution in [0.2, 0.25) is 0 Å². The SMILES string of the molecule is CC[C@H](C)c1ccncc1N. The van der Waals surface area contributed by atoms with Crippen molar-refractivity contribution in [2.24, 2.45) is 0 Å². The molecule has 2 N–H and O–H groups in total. The van der Waals surface area contributed by atoms with E-state index in [9.17, 15) is 0 Å². The summed E-state index contributed by atoms with van der Waals surface area (Å²) in [6, 6.07) is 1.99. The summed E-state index contributed by atoms with van der Waals surface area (Å²) < 4.78 is 0. The third kappa shape index (κ3) is 1.70. The number of nitrogens with two attached hydrogens (primary N) is 1. The van der Waals surface area contributed by atoms with Crippen molar-refractivity contribution < 1.29 is 0 Å². The molecule has 0 unspecified atom stereocenters. The third-order valence-electron chi connectivity index (χ3n) is 2.03. The fourth-order valence-electron chi connectivity index (χ4n) is 1.09. The Hall–Kier alpha value is -1.05. The van der Waals surface area contributed by atoms with Gasteiger partial charge in [-0.2, -0.15) is 0 Å². The quantitative estimate of drug-likeness (QED) is 0.701. The van der Waals surface area contributed by atoms with Crippen molar-refractivity contribution in [2.75, 3.05) is 5.73 Å². The second-order valence-corrected chi connectivity index (χ2v) is 2.81. The Morgan fingerprint density at radius 1 is 1.64 bits per heavy atom. The molecule has 11 heavy (non-hydrogen) atoms. The van der Waals surface area contributed by atoms with Gasteiger partial charge in [-0.25, -0.2) is 0 Å². The van der Waals surface area contributed by atoms with Gasteiger partial charge in [0.1, 0.15) is 0 Å². The van der Waals surface area contributed by atoms with Crippen LogP contribution in [0, 0.1) is 0 Å². The summed E-state index contributed by atoms with van der Waals surface area (Å²) in [5.74, 6) is 0.540. The molecule has 2 nitrogen and oxygen atoms in total. The molecule has 1 aromatic heterocycles. The van der Waals surface area contributed by atoms with Crippen molar-refractivity contribution in [1.82, 2.24) is 4.98 Å². The molecule has 0 saturated heterocycles. The first-order chi connectivity index (χ1) is 5.25. The number of anilines is 1. The lowest BCUT2D eigenvalue weighted by Gasteiger charge is -2.10. The van der Waals surface area contributed by atoms with Crippen molar-refractivity contribution in [3.05, 3.63) is 24.0 Å². The van der Waals surface area contributed by atoms with Crippen molar-refractivity contribution >= 4 is 5.69 Å². The number of pyridine rings is 1. The van der Waals surface area contributed by atoms with Crippen LogP contribution < -0.4 is 5.73 Å². The first-order valence-corrected chi connectivity index (χ1v) is 3.95. The lowest BCUT2D eigenvalue weighted by atomic mass is 9.99. The minimum atomic E-state index is 0.540. The monoisotopic (exact) mass is 150 g/mol. The Bertz CT molecular complexity index is 233. The second-order valence-electron chi connectivity index (χ2n) is 2.81. The van der Waals surface area contributed by atoms with Crippen molar-refractivity contribution in [1.29, 1.82) is 0 Å². The molecule has 0 aliphatic rings. The van der Waals surface area contributed by atoms with Crippen LogP contribution in [0.25, 0.3) is 0 Å². The van der Waals surface area contributed by atoms with Gasteiger partial charge in [0.2, 0.25) is 0 Å². The fraction of sp³-hybridized carbons (Fsp3) is 0.444. The van der Waals surface area contributed by atoms with E-state index in [1.165, 1.54) is 5.56 Å². The molecule has 0 radical (unpaired) electrons. The average molecular weight is 150 g/mol. The summed E-state index contributed by atoms with van der Waals surface area (Å²) in [4.78, 5) is 3.94. The standard InChI is InChI=1S/C9H14N2/c1-3-7(2)8-4-5-11-6-9(8)10/h4-7H,3,10H2,1-2H3/t7-/m0/s1. The minimum Gasteiger partial charge on any atom is -0.397 e. The van der Waals surface area contributed by atoms with Crippen molar-refractivity contribution in [2.45, 2.75) is 26.2 Å². The van der Waals surface area contributed by atoms with E-state index in [-0.39, 0.29) is 0 Å². The molecule has 1 aromatic rings. The van der Waals surface area contributed by atoms with Gasteiger partial charge >= 0.3 is 0 Å². The lowest BCUT2D eigenvalue weighted by Crippen LogP contribution is -1.98. The summed E-state index contributed by atoms with van der Waals surface area (Å²) in [5.41, 5.74) is 7.75. The van der Waals surface area contributed by atoms with Gasteiger partial charge < -0.3 is 5.73 Å². The topological polar surface area (TPSA) is 38.9 Å². The van der Waals surface area contributed by atoms with Crippen LogP contribution in [0.5, 0.6) is 0 Å². The summed E-state index contributed by atoms with van der Waals surface area (Å²) in [5, 5.41) is 0. The van der Waals surface area contributed by atoms with Gasteiger partial charge in [0.05, 0.1) is 11.9 Å². The van der Waals surface area contributed by atoms with E-state index in [1.54, 1.807) is 12.4 Å². The van der Waals surface area contributed by atoms with E-state index in [0.29, 0.717) is 5.92 Å². The molecule has 0 bridgehead atoms. The van der Waals surface area contributed by atoms with Crippen LogP contribution in [0.3, 0.4) is 0 Å². The molecule has 1 rings (SSSR count). The van der Waals surface area contributed by atoms with Crippen LogP contribution >= 0.6 is 0 Å². The Morgan fingerprint density at radius 3 is 2.91 bits per heavy atom. The molecule has 1 atom stereocenters. The Balaban J connectivity index is 2.93. The molecule has 0 aliphatic heterocycles. The van der Waals surface area contributed by atoms with Crippen LogP contribution in [-0.2, 0) is 0 Å². The highest BCUT2D eigenvalue weighted by molar-refractivity contribution is 5.45. The van der Waals surface area contributed by atoms with Crippen molar-refractivity contribution in [3.63, 3.8) is 0 Å². The highest BCUT2D eigenvalue weighted by Crippen LogP contribution is 2.22. The van der Waals surface area contributed by atoms with Gasteiger partial charge in [-0.15, -0.1) is 0 Å². The van der Waals surface area contributed by atoms with Crippen LogP contribution in [0.15, 0.2) is 18.5 Å². The van der Waals surface area contributed by atoms with Gasteiger partial charge in [-0.3, -0.25) is 4.98 Å². The summed E-state index contributed by atoms with van der Waals surface area (Å²) in [6.07, 6.45) is 4.62. The lowest BCUT2D eigenvalue weighted by molar-refractivity contribution is 0.734. The summed E-state index contributed by atoms with van der Waals surface area (Å²) in [6.45, 7) is 4.33. The molecular formula is C9H14N2. The number of rotatable bonds is 2. The van der Waals surface area contributed by atoms with E-state index < -0.39 is 0 Å². The number of nitrogen functional groups attached to an aromatic ring is 1. The maximum absolute atomic E-state index is 5.73. The zero-order valence-electron chi connectivity index (χ0n) is 7.04. The van der Waals surface area contributed by atoms with Crippen molar-refractivity contribution in [3.8, 4) is 0 Å². The maximum atomic E-state index is 5.73. The predicted octanol–water partition coefficient (Wildman–Crippen LogP) is 2.18. The number of nitrogens with zero attached hydrogens (tertiary/aromatic N) is 1. The Kier molecular flexibility index (Phi) is 2.47. The van der Waals surface area contributed by atoms with E-state index in [0.717, 1.165) is 12.1 Å². The fourth-order valence-corrected chi connectivity index (χ4v) is 1.09. The maximum Gasteiger partial charge on any atom is 0.0535 e. The van der Waals surface area contributed by atoms with E-state index >= 15 is 0 Å². The van der Waals surface area contributed by atoms with Gasteiger partial charge in [-0.1, -0.05) is 13.8 Å². The molecule has 0 amide bonds. The Labute approximate surface area is 67.5 Å². The number of hydrogen-bond donors (Lipinski definition) is 1. The zero-order chi connectivity index (χ0) is 8.27. The van der Waals surface area contributed by atoms with E-state index in [4.69, 9.17) is 5.73 Å². The normalized spacial score (nSPS) is 12.9. The molecule has 0 aromatic carbocycles. The summed E-state index contributed by atoms with van der Waals surface area (Å²) >= 11 is 0. The Morgan fingerprint density at radius 2 is 2.36 bits per heavy atom. The largest absolute Gasteiger partial charge is 0.397 e. The number of aromatic nitrogens is 1. The van der Waals surface area contributed by atoms with E-state index in [2.05, 4.69) is 18.8 Å². The van der Waals surface area contributed by atoms with E-state index in [1.807, 2.05) is 6.07 Å².